The molecule has 0 radical (unpaired) electrons. The van der Waals surface area contributed by atoms with Crippen molar-refractivity contribution in [2.45, 2.75) is 52.2 Å². The van der Waals surface area contributed by atoms with Gasteiger partial charge in [0.05, 0.1) is 6.61 Å². The highest BCUT2D eigenvalue weighted by Crippen LogP contribution is 2.43. The molecule has 0 unspecified atom stereocenters. The fourth-order valence-electron chi connectivity index (χ4n) is 1.80. The zero-order chi connectivity index (χ0) is 12.9. The second-order valence-electron chi connectivity index (χ2n) is 4.26. The van der Waals surface area contributed by atoms with E-state index in [1.165, 1.54) is 6.92 Å². The zero-order valence-electron chi connectivity index (χ0n) is 10.8. The molecule has 0 heterocycles. The maximum atomic E-state index is 11.6. The Morgan fingerprint density at radius 3 is 2.35 bits per heavy atom. The first-order valence-electron chi connectivity index (χ1n) is 6.19. The maximum Gasteiger partial charge on any atom is 0.510 e. The second kappa shape index (κ2) is 5.89. The summed E-state index contributed by atoms with van der Waals surface area (Å²) in [5.41, 5.74) is -0.729. The second-order valence-corrected chi connectivity index (χ2v) is 4.26. The van der Waals surface area contributed by atoms with Gasteiger partial charge in [-0.1, -0.05) is 13.3 Å². The third-order valence-corrected chi connectivity index (χ3v) is 2.82. The van der Waals surface area contributed by atoms with Crippen LogP contribution in [-0.4, -0.2) is 35.8 Å². The monoisotopic (exact) mass is 243 g/mol. The highest BCUT2D eigenvalue weighted by atomic mass is 16.7. The van der Waals surface area contributed by atoms with Crippen molar-refractivity contribution in [3.63, 3.8) is 0 Å². The zero-order valence-corrected chi connectivity index (χ0v) is 10.8. The number of carbonyl (C=O) groups excluding carboxylic acids is 2. The average molecular weight is 243 g/mol. The number of rotatable bonds is 6. The lowest BCUT2D eigenvalue weighted by Crippen LogP contribution is -2.44. The normalized spacial score (nSPS) is 16.2. The van der Waals surface area contributed by atoms with Gasteiger partial charge in [-0.05, 0) is 13.3 Å². The molecule has 17 heavy (non-hydrogen) atoms. The van der Waals surface area contributed by atoms with Gasteiger partial charge in [0, 0.05) is 26.3 Å². The molecule has 0 aromatic heterocycles. The molecule has 0 N–H and O–H groups in total. The van der Waals surface area contributed by atoms with Crippen LogP contribution in [0.3, 0.4) is 0 Å². The minimum Gasteiger partial charge on any atom is -0.435 e. The van der Waals surface area contributed by atoms with Crippen LogP contribution in [0.15, 0.2) is 0 Å². The van der Waals surface area contributed by atoms with Crippen LogP contribution >= 0.6 is 0 Å². The quantitative estimate of drug-likeness (QED) is 0.530. The molecule has 0 aliphatic heterocycles. The summed E-state index contributed by atoms with van der Waals surface area (Å²) in [6.07, 6.45) is 2.63. The molecular weight excluding hydrogens is 222 g/mol. The van der Waals surface area contributed by atoms with Gasteiger partial charge in [0.25, 0.3) is 0 Å². The van der Waals surface area contributed by atoms with Gasteiger partial charge >= 0.3 is 6.16 Å². The van der Waals surface area contributed by atoms with E-state index >= 15 is 0 Å². The first kappa shape index (κ1) is 13.8. The van der Waals surface area contributed by atoms with E-state index in [-0.39, 0.29) is 12.5 Å². The van der Waals surface area contributed by atoms with Crippen LogP contribution < -0.4 is 0 Å². The van der Waals surface area contributed by atoms with Crippen LogP contribution in [-0.2, 0) is 14.3 Å². The Morgan fingerprint density at radius 2 is 1.94 bits per heavy atom. The van der Waals surface area contributed by atoms with E-state index in [9.17, 15) is 9.59 Å². The van der Waals surface area contributed by atoms with Crippen molar-refractivity contribution < 1.29 is 19.1 Å². The van der Waals surface area contributed by atoms with E-state index in [1.54, 1.807) is 11.8 Å². The van der Waals surface area contributed by atoms with Crippen molar-refractivity contribution >= 4 is 12.1 Å². The van der Waals surface area contributed by atoms with Gasteiger partial charge in [-0.15, -0.1) is 0 Å². The largest absolute Gasteiger partial charge is 0.510 e. The summed E-state index contributed by atoms with van der Waals surface area (Å²) >= 11 is 0. The summed E-state index contributed by atoms with van der Waals surface area (Å²) in [7, 11) is 0. The predicted molar refractivity (Wildman–Crippen MR) is 62.4 cm³/mol. The average Bonchev–Trinajstić information content (AvgIpc) is 2.99. The lowest BCUT2D eigenvalue weighted by atomic mass is 10.3. The van der Waals surface area contributed by atoms with Gasteiger partial charge in [-0.2, -0.15) is 0 Å². The van der Waals surface area contributed by atoms with Crippen LogP contribution in [0.2, 0.25) is 0 Å². The number of hydrogen-bond acceptors (Lipinski definition) is 4. The van der Waals surface area contributed by atoms with Crippen LogP contribution in [0, 0.1) is 0 Å². The number of carbonyl (C=O) groups is 2. The van der Waals surface area contributed by atoms with Gasteiger partial charge in [0.15, 0.2) is 5.72 Å². The molecule has 0 bridgehead atoms. The molecule has 98 valence electrons. The number of unbranched alkanes of at least 4 members (excludes halogenated alkanes) is 1. The SMILES string of the molecule is CCCCN(C(C)=O)C1(OC(=O)OCC)CC1. The number of ether oxygens (including phenoxy) is 2. The summed E-state index contributed by atoms with van der Waals surface area (Å²) in [6.45, 7) is 6.20. The Balaban J connectivity index is 2.59. The summed E-state index contributed by atoms with van der Waals surface area (Å²) in [4.78, 5) is 24.5. The molecule has 1 rings (SSSR count). The predicted octanol–water partition coefficient (Wildman–Crippen LogP) is 2.30. The summed E-state index contributed by atoms with van der Waals surface area (Å²) in [5, 5.41) is 0. The van der Waals surface area contributed by atoms with Crippen molar-refractivity contribution in [2.75, 3.05) is 13.2 Å². The van der Waals surface area contributed by atoms with Crippen molar-refractivity contribution in [1.82, 2.24) is 4.90 Å². The van der Waals surface area contributed by atoms with E-state index in [4.69, 9.17) is 9.47 Å². The summed E-state index contributed by atoms with van der Waals surface area (Å²) < 4.78 is 10.0. The highest BCUT2D eigenvalue weighted by Gasteiger charge is 2.53. The third kappa shape index (κ3) is 3.61. The Hall–Kier alpha value is -1.26. The van der Waals surface area contributed by atoms with E-state index in [0.717, 1.165) is 12.8 Å². The smallest absolute Gasteiger partial charge is 0.435 e. The molecule has 1 saturated carbocycles. The fraction of sp³-hybridized carbons (Fsp3) is 0.833. The van der Waals surface area contributed by atoms with E-state index in [1.807, 2.05) is 0 Å². The Labute approximate surface area is 102 Å². The van der Waals surface area contributed by atoms with Crippen molar-refractivity contribution in [3.05, 3.63) is 0 Å². The molecule has 1 aliphatic carbocycles. The fourth-order valence-corrected chi connectivity index (χ4v) is 1.80. The molecule has 0 atom stereocenters. The molecule has 1 fully saturated rings. The van der Waals surface area contributed by atoms with Crippen LogP contribution in [0.4, 0.5) is 4.79 Å². The van der Waals surface area contributed by atoms with Crippen LogP contribution in [0.5, 0.6) is 0 Å². The minimum absolute atomic E-state index is 0.0553. The van der Waals surface area contributed by atoms with E-state index in [0.29, 0.717) is 19.4 Å². The molecule has 1 aliphatic rings. The lowest BCUT2D eigenvalue weighted by Gasteiger charge is -2.30. The van der Waals surface area contributed by atoms with Crippen molar-refractivity contribution in [3.8, 4) is 0 Å². The highest BCUT2D eigenvalue weighted by molar-refractivity contribution is 5.75. The Kier molecular flexibility index (Phi) is 4.78. The first-order valence-corrected chi connectivity index (χ1v) is 6.19. The topological polar surface area (TPSA) is 55.8 Å². The summed E-state index contributed by atoms with van der Waals surface area (Å²) in [5.74, 6) is -0.0553. The minimum atomic E-state index is -0.729. The van der Waals surface area contributed by atoms with E-state index in [2.05, 4.69) is 6.92 Å². The third-order valence-electron chi connectivity index (χ3n) is 2.82. The molecule has 0 aromatic carbocycles. The molecular formula is C12H21NO4. The first-order chi connectivity index (χ1) is 8.05. The molecule has 0 spiro atoms. The van der Waals surface area contributed by atoms with Gasteiger partial charge in [0.1, 0.15) is 0 Å². The van der Waals surface area contributed by atoms with Gasteiger partial charge in [0.2, 0.25) is 5.91 Å². The molecule has 0 saturated heterocycles. The van der Waals surface area contributed by atoms with Crippen LogP contribution in [0.1, 0.15) is 46.5 Å². The number of nitrogens with zero attached hydrogens (tertiary/aromatic N) is 1. The molecule has 1 amide bonds. The molecule has 5 nitrogen and oxygen atoms in total. The molecule has 5 heteroatoms. The van der Waals surface area contributed by atoms with Crippen molar-refractivity contribution in [1.29, 1.82) is 0 Å². The van der Waals surface area contributed by atoms with Crippen molar-refractivity contribution in [2.24, 2.45) is 0 Å². The van der Waals surface area contributed by atoms with Crippen LogP contribution in [0.25, 0.3) is 0 Å². The standard InChI is InChI=1S/C12H21NO4/c1-4-6-9-13(10(3)14)12(7-8-12)17-11(15)16-5-2/h4-9H2,1-3H3. The molecule has 0 aromatic rings. The van der Waals surface area contributed by atoms with E-state index < -0.39 is 11.9 Å². The maximum absolute atomic E-state index is 11.6. The number of amides is 1. The lowest BCUT2D eigenvalue weighted by molar-refractivity contribution is -0.144. The van der Waals surface area contributed by atoms with Gasteiger partial charge in [-0.25, -0.2) is 4.79 Å². The van der Waals surface area contributed by atoms with Gasteiger partial charge in [-0.3, -0.25) is 4.79 Å². The Bertz CT molecular complexity index is 284. The summed E-state index contributed by atoms with van der Waals surface area (Å²) in [6, 6.07) is 0. The Morgan fingerprint density at radius 1 is 1.29 bits per heavy atom. The van der Waals surface area contributed by atoms with Gasteiger partial charge < -0.3 is 14.4 Å². The number of hydrogen-bond donors (Lipinski definition) is 0.